The topological polar surface area (TPSA) is 63.1 Å². The second-order valence-corrected chi connectivity index (χ2v) is 4.89. The molecule has 0 fully saturated rings. The van der Waals surface area contributed by atoms with Crippen molar-refractivity contribution in [1.82, 2.24) is 9.97 Å². The molecule has 0 saturated carbocycles. The maximum absolute atomic E-state index is 14.3. The summed E-state index contributed by atoms with van der Waals surface area (Å²) in [6, 6.07) is 7.48. The van der Waals surface area contributed by atoms with Gasteiger partial charge < -0.3 is 5.11 Å². The smallest absolute Gasteiger partial charge is 0.313 e. The lowest BCUT2D eigenvalue weighted by atomic mass is 9.93. The number of nitrogens with zero attached hydrogens (tertiary/aromatic N) is 2. The summed E-state index contributed by atoms with van der Waals surface area (Å²) in [6.45, 7) is 3.67. The Hall–Kier alpha value is -2.30. The second-order valence-electron chi connectivity index (χ2n) is 4.89. The molecule has 1 unspecified atom stereocenters. The number of benzene rings is 1. The van der Waals surface area contributed by atoms with Gasteiger partial charge in [-0.2, -0.15) is 0 Å². The van der Waals surface area contributed by atoms with Gasteiger partial charge in [0.15, 0.2) is 5.82 Å². The van der Waals surface area contributed by atoms with E-state index in [1.54, 1.807) is 6.92 Å². The van der Waals surface area contributed by atoms with E-state index >= 15 is 0 Å². The Labute approximate surface area is 122 Å². The van der Waals surface area contributed by atoms with Crippen LogP contribution in [-0.2, 0) is 17.6 Å². The largest absolute Gasteiger partial charge is 0.481 e. The average molecular weight is 288 g/mol. The van der Waals surface area contributed by atoms with Crippen LogP contribution in [0.25, 0.3) is 0 Å². The first kappa shape index (κ1) is 15.1. The first-order chi connectivity index (χ1) is 10.0. The van der Waals surface area contributed by atoms with Crippen LogP contribution in [0.5, 0.6) is 0 Å². The number of aryl methyl sites for hydroxylation is 2. The summed E-state index contributed by atoms with van der Waals surface area (Å²) in [4.78, 5) is 19.3. The van der Waals surface area contributed by atoms with Crippen LogP contribution in [0, 0.1) is 12.7 Å². The summed E-state index contributed by atoms with van der Waals surface area (Å²) < 4.78 is 14.3. The Kier molecular flexibility index (Phi) is 4.62. The molecule has 0 bridgehead atoms. The van der Waals surface area contributed by atoms with Gasteiger partial charge in [0.1, 0.15) is 12.2 Å². The van der Waals surface area contributed by atoms with E-state index in [0.717, 1.165) is 11.1 Å². The molecule has 0 radical (unpaired) electrons. The predicted molar refractivity (Wildman–Crippen MR) is 76.6 cm³/mol. The van der Waals surface area contributed by atoms with Gasteiger partial charge in [-0.15, -0.1) is 0 Å². The summed E-state index contributed by atoms with van der Waals surface area (Å²) in [7, 11) is 0. The quantitative estimate of drug-likeness (QED) is 0.919. The predicted octanol–water partition coefficient (Wildman–Crippen LogP) is 2.90. The van der Waals surface area contributed by atoms with E-state index in [0.29, 0.717) is 6.42 Å². The molecule has 21 heavy (non-hydrogen) atoms. The highest BCUT2D eigenvalue weighted by atomic mass is 19.1. The molecule has 1 heterocycles. The van der Waals surface area contributed by atoms with Crippen LogP contribution < -0.4 is 0 Å². The Bertz CT molecular complexity index is 658. The van der Waals surface area contributed by atoms with Crippen molar-refractivity contribution >= 4 is 5.97 Å². The minimum atomic E-state index is -1.09. The van der Waals surface area contributed by atoms with E-state index in [1.165, 1.54) is 6.33 Å². The Morgan fingerprint density at radius 2 is 2.05 bits per heavy atom. The Morgan fingerprint density at radius 3 is 2.67 bits per heavy atom. The number of carboxylic acids is 1. The van der Waals surface area contributed by atoms with Crippen molar-refractivity contribution in [3.8, 4) is 0 Å². The van der Waals surface area contributed by atoms with Crippen molar-refractivity contribution in [2.45, 2.75) is 32.6 Å². The van der Waals surface area contributed by atoms with Gasteiger partial charge in [-0.3, -0.25) is 4.79 Å². The second kappa shape index (κ2) is 6.43. The summed E-state index contributed by atoms with van der Waals surface area (Å²) in [6.07, 6.45) is 1.84. The summed E-state index contributed by atoms with van der Waals surface area (Å²) in [5.74, 6) is -2.71. The molecule has 1 N–H and O–H groups in total. The average Bonchev–Trinajstić information content (AvgIpc) is 2.47. The lowest BCUT2D eigenvalue weighted by Gasteiger charge is -2.15. The molecule has 110 valence electrons. The van der Waals surface area contributed by atoms with Crippen LogP contribution >= 0.6 is 0 Å². The molecule has 0 saturated heterocycles. The van der Waals surface area contributed by atoms with Gasteiger partial charge in [0.05, 0.1) is 11.4 Å². The van der Waals surface area contributed by atoms with Gasteiger partial charge in [-0.1, -0.05) is 31.2 Å². The number of carbonyl (C=O) groups is 1. The van der Waals surface area contributed by atoms with E-state index < -0.39 is 17.7 Å². The highest BCUT2D eigenvalue weighted by Gasteiger charge is 2.27. The summed E-state index contributed by atoms with van der Waals surface area (Å²) in [5, 5.41) is 9.44. The molecular weight excluding hydrogens is 271 g/mol. The van der Waals surface area contributed by atoms with Crippen LogP contribution in [0.2, 0.25) is 0 Å². The van der Waals surface area contributed by atoms with E-state index in [2.05, 4.69) is 9.97 Å². The van der Waals surface area contributed by atoms with Crippen molar-refractivity contribution < 1.29 is 14.3 Å². The van der Waals surface area contributed by atoms with Crippen molar-refractivity contribution in [3.63, 3.8) is 0 Å². The molecule has 2 aromatic rings. The van der Waals surface area contributed by atoms with Crippen LogP contribution in [-0.4, -0.2) is 21.0 Å². The standard InChI is InChI=1S/C16H17FN2O2/c1-3-13-14(17)15(19-9-18-13)12(16(20)21)8-11-7-5-4-6-10(11)2/h4-7,9,12H,3,8H2,1-2H3,(H,20,21). The molecule has 4 nitrogen and oxygen atoms in total. The zero-order valence-corrected chi connectivity index (χ0v) is 12.0. The molecule has 1 aromatic heterocycles. The molecule has 5 heteroatoms. The molecule has 0 amide bonds. The highest BCUT2D eigenvalue weighted by Crippen LogP contribution is 2.24. The van der Waals surface area contributed by atoms with E-state index in [4.69, 9.17) is 0 Å². The highest BCUT2D eigenvalue weighted by molar-refractivity contribution is 5.76. The lowest BCUT2D eigenvalue weighted by molar-refractivity contribution is -0.138. The number of aliphatic carboxylic acids is 1. The van der Waals surface area contributed by atoms with E-state index in [9.17, 15) is 14.3 Å². The zero-order chi connectivity index (χ0) is 15.4. The number of hydrogen-bond acceptors (Lipinski definition) is 3. The zero-order valence-electron chi connectivity index (χ0n) is 12.0. The van der Waals surface area contributed by atoms with Gasteiger partial charge in [0.2, 0.25) is 0 Å². The fourth-order valence-corrected chi connectivity index (χ4v) is 2.27. The number of halogens is 1. The molecule has 0 aliphatic rings. The monoisotopic (exact) mass is 288 g/mol. The molecule has 0 spiro atoms. The number of carboxylic acid groups (broad SMARTS) is 1. The van der Waals surface area contributed by atoms with Crippen LogP contribution in [0.1, 0.15) is 35.4 Å². The molecule has 0 aliphatic carbocycles. The fourth-order valence-electron chi connectivity index (χ4n) is 2.27. The van der Waals surface area contributed by atoms with Gasteiger partial charge in [-0.25, -0.2) is 14.4 Å². The van der Waals surface area contributed by atoms with Crippen LogP contribution in [0.3, 0.4) is 0 Å². The number of rotatable bonds is 5. The molecule has 0 aliphatic heterocycles. The molecule has 1 aromatic carbocycles. The van der Waals surface area contributed by atoms with Crippen molar-refractivity contribution in [1.29, 1.82) is 0 Å². The Balaban J connectivity index is 2.41. The van der Waals surface area contributed by atoms with Gasteiger partial charge >= 0.3 is 5.97 Å². The third kappa shape index (κ3) is 3.24. The van der Waals surface area contributed by atoms with E-state index in [1.807, 2.05) is 31.2 Å². The molecule has 1 atom stereocenters. The third-order valence-corrected chi connectivity index (χ3v) is 3.54. The van der Waals surface area contributed by atoms with Crippen molar-refractivity contribution in [2.75, 3.05) is 0 Å². The van der Waals surface area contributed by atoms with Gasteiger partial charge in [0, 0.05) is 0 Å². The van der Waals surface area contributed by atoms with Gasteiger partial charge in [0.25, 0.3) is 0 Å². The SMILES string of the molecule is CCc1ncnc(C(Cc2ccccc2C)C(=O)O)c1F. The first-order valence-corrected chi connectivity index (χ1v) is 6.81. The third-order valence-electron chi connectivity index (χ3n) is 3.54. The number of hydrogen-bond donors (Lipinski definition) is 1. The first-order valence-electron chi connectivity index (χ1n) is 6.81. The minimum absolute atomic E-state index is 0.0439. The number of aromatic nitrogens is 2. The normalized spacial score (nSPS) is 12.1. The van der Waals surface area contributed by atoms with Gasteiger partial charge in [-0.05, 0) is 30.9 Å². The van der Waals surface area contributed by atoms with Crippen LogP contribution in [0.15, 0.2) is 30.6 Å². The molecular formula is C16H17FN2O2. The Morgan fingerprint density at radius 1 is 1.33 bits per heavy atom. The van der Waals surface area contributed by atoms with E-state index in [-0.39, 0.29) is 17.8 Å². The maximum atomic E-state index is 14.3. The van der Waals surface area contributed by atoms with Crippen LogP contribution in [0.4, 0.5) is 4.39 Å². The molecule has 2 rings (SSSR count). The van der Waals surface area contributed by atoms with Crippen molar-refractivity contribution in [2.24, 2.45) is 0 Å². The lowest BCUT2D eigenvalue weighted by Crippen LogP contribution is -2.19. The summed E-state index contributed by atoms with van der Waals surface area (Å²) in [5.41, 5.74) is 2.06. The van der Waals surface area contributed by atoms with Crippen molar-refractivity contribution in [3.05, 3.63) is 58.9 Å². The summed E-state index contributed by atoms with van der Waals surface area (Å²) >= 11 is 0. The maximum Gasteiger partial charge on any atom is 0.313 e. The minimum Gasteiger partial charge on any atom is -0.481 e. The fraction of sp³-hybridized carbons (Fsp3) is 0.312.